The normalized spacial score (nSPS) is 18.1. The lowest BCUT2D eigenvalue weighted by atomic mass is 9.94. The number of hydrogen-bond acceptors (Lipinski definition) is 5. The number of nitrogens with zero attached hydrogens (tertiary/aromatic N) is 3. The third-order valence-electron chi connectivity index (χ3n) is 6.20. The number of aromatic nitrogens is 1. The molecule has 2 amide bonds. The molecule has 7 heteroatoms. The van der Waals surface area contributed by atoms with Crippen LogP contribution in [0, 0.1) is 12.8 Å². The maximum Gasteiger partial charge on any atom is 0.253 e. The van der Waals surface area contributed by atoms with Gasteiger partial charge < -0.3 is 9.80 Å². The number of piperidine rings is 1. The number of thiazole rings is 1. The first kappa shape index (κ1) is 22.3. The Labute approximate surface area is 193 Å². The summed E-state index contributed by atoms with van der Waals surface area (Å²) in [5.41, 5.74) is 1.83. The lowest BCUT2D eigenvalue weighted by molar-refractivity contribution is -0.136. The van der Waals surface area contributed by atoms with E-state index in [1.807, 2.05) is 36.1 Å². The van der Waals surface area contributed by atoms with Crippen LogP contribution in [0.5, 0.6) is 0 Å². The van der Waals surface area contributed by atoms with E-state index < -0.39 is 0 Å². The van der Waals surface area contributed by atoms with Gasteiger partial charge in [0.1, 0.15) is 0 Å². The quantitative estimate of drug-likeness (QED) is 0.593. The summed E-state index contributed by atoms with van der Waals surface area (Å²) in [5, 5.41) is 3.19. The molecule has 0 spiro atoms. The van der Waals surface area contributed by atoms with Crippen molar-refractivity contribution in [3.8, 4) is 0 Å². The smallest absolute Gasteiger partial charge is 0.253 e. The summed E-state index contributed by atoms with van der Waals surface area (Å²) in [5.74, 6) is 1.31. The minimum absolute atomic E-state index is 0.0762. The molecule has 0 bridgehead atoms. The minimum Gasteiger partial charge on any atom is -0.342 e. The second-order valence-electron chi connectivity index (χ2n) is 8.48. The molecule has 2 aliphatic rings. The van der Waals surface area contributed by atoms with E-state index in [0.29, 0.717) is 19.0 Å². The molecule has 2 aromatic rings. The number of hydrogen-bond donors (Lipinski definition) is 0. The van der Waals surface area contributed by atoms with Crippen LogP contribution in [-0.2, 0) is 10.5 Å². The SMILES string of the molecule is Cc1nc(CSc2ccc(C(=O)N3CCC(C(=O)N4CCCCCC4)CC3)cc2)cs1. The van der Waals surface area contributed by atoms with Crippen molar-refractivity contribution < 1.29 is 9.59 Å². The highest BCUT2D eigenvalue weighted by atomic mass is 32.2. The summed E-state index contributed by atoms with van der Waals surface area (Å²) in [6.07, 6.45) is 6.28. The van der Waals surface area contributed by atoms with Crippen molar-refractivity contribution >= 4 is 34.9 Å². The molecule has 5 nitrogen and oxygen atoms in total. The highest BCUT2D eigenvalue weighted by Crippen LogP contribution is 2.26. The van der Waals surface area contributed by atoms with Crippen molar-refractivity contribution in [3.05, 3.63) is 45.9 Å². The van der Waals surface area contributed by atoms with Crippen LogP contribution in [0.15, 0.2) is 34.5 Å². The molecule has 2 aliphatic heterocycles. The monoisotopic (exact) mass is 457 g/mol. The average molecular weight is 458 g/mol. The molecule has 0 N–H and O–H groups in total. The predicted octanol–water partition coefficient (Wildman–Crippen LogP) is 5.00. The van der Waals surface area contributed by atoms with E-state index in [4.69, 9.17) is 0 Å². The van der Waals surface area contributed by atoms with Crippen LogP contribution in [0.1, 0.15) is 59.6 Å². The van der Waals surface area contributed by atoms with Gasteiger partial charge in [0.15, 0.2) is 0 Å². The van der Waals surface area contributed by atoms with Gasteiger partial charge in [-0.3, -0.25) is 9.59 Å². The summed E-state index contributed by atoms with van der Waals surface area (Å²) in [4.78, 5) is 35.4. The van der Waals surface area contributed by atoms with Crippen LogP contribution in [0.3, 0.4) is 0 Å². The summed E-state index contributed by atoms with van der Waals surface area (Å²) in [6.45, 7) is 5.17. The van der Waals surface area contributed by atoms with Gasteiger partial charge >= 0.3 is 0 Å². The molecule has 0 saturated carbocycles. The summed E-state index contributed by atoms with van der Waals surface area (Å²) < 4.78 is 0. The van der Waals surface area contributed by atoms with Gasteiger partial charge in [0, 0.05) is 53.7 Å². The van der Waals surface area contributed by atoms with Gasteiger partial charge in [-0.15, -0.1) is 23.1 Å². The van der Waals surface area contributed by atoms with Crippen LogP contribution in [0.25, 0.3) is 0 Å². The Bertz CT molecular complexity index is 880. The van der Waals surface area contributed by atoms with Gasteiger partial charge in [-0.05, 0) is 56.9 Å². The number of carbonyl (C=O) groups excluding carboxylic acids is 2. The fraction of sp³-hybridized carbons (Fsp3) is 0.542. The first-order valence-electron chi connectivity index (χ1n) is 11.3. The van der Waals surface area contributed by atoms with Crippen LogP contribution in [0.4, 0.5) is 0 Å². The van der Waals surface area contributed by atoms with Gasteiger partial charge in [0.25, 0.3) is 5.91 Å². The highest BCUT2D eigenvalue weighted by molar-refractivity contribution is 7.98. The maximum absolute atomic E-state index is 12.9. The zero-order valence-electron chi connectivity index (χ0n) is 18.2. The second-order valence-corrected chi connectivity index (χ2v) is 10.6. The number of carbonyl (C=O) groups is 2. The largest absolute Gasteiger partial charge is 0.342 e. The van der Waals surface area contributed by atoms with E-state index in [0.717, 1.165) is 65.7 Å². The lowest BCUT2D eigenvalue weighted by Gasteiger charge is -2.34. The molecule has 3 heterocycles. The van der Waals surface area contributed by atoms with Gasteiger partial charge in [0.05, 0.1) is 10.7 Å². The van der Waals surface area contributed by atoms with E-state index in [9.17, 15) is 9.59 Å². The predicted molar refractivity (Wildman–Crippen MR) is 127 cm³/mol. The molecule has 1 aromatic carbocycles. The van der Waals surface area contributed by atoms with Crippen molar-refractivity contribution in [3.63, 3.8) is 0 Å². The van der Waals surface area contributed by atoms with E-state index in [1.54, 1.807) is 23.1 Å². The third-order valence-corrected chi connectivity index (χ3v) is 8.07. The van der Waals surface area contributed by atoms with E-state index in [-0.39, 0.29) is 11.8 Å². The molecule has 0 radical (unpaired) electrons. The van der Waals surface area contributed by atoms with Crippen molar-refractivity contribution in [2.24, 2.45) is 5.92 Å². The lowest BCUT2D eigenvalue weighted by Crippen LogP contribution is -2.44. The molecular formula is C24H31N3O2S2. The van der Waals surface area contributed by atoms with Crippen LogP contribution in [0.2, 0.25) is 0 Å². The van der Waals surface area contributed by atoms with Crippen LogP contribution in [-0.4, -0.2) is 52.8 Å². The zero-order chi connectivity index (χ0) is 21.6. The molecule has 1 aromatic heterocycles. The number of rotatable bonds is 5. The zero-order valence-corrected chi connectivity index (χ0v) is 19.8. The average Bonchev–Trinajstić information content (AvgIpc) is 3.04. The van der Waals surface area contributed by atoms with Gasteiger partial charge in [-0.1, -0.05) is 12.8 Å². The van der Waals surface area contributed by atoms with E-state index in [1.165, 1.54) is 12.8 Å². The topological polar surface area (TPSA) is 53.5 Å². The van der Waals surface area contributed by atoms with Crippen molar-refractivity contribution in [1.82, 2.24) is 14.8 Å². The van der Waals surface area contributed by atoms with Crippen molar-refractivity contribution in [2.75, 3.05) is 26.2 Å². The Morgan fingerprint density at radius 1 is 1.00 bits per heavy atom. The maximum atomic E-state index is 12.9. The van der Waals surface area contributed by atoms with Gasteiger partial charge in [-0.25, -0.2) is 4.98 Å². The second kappa shape index (κ2) is 10.6. The third kappa shape index (κ3) is 5.89. The first-order valence-corrected chi connectivity index (χ1v) is 13.2. The Kier molecular flexibility index (Phi) is 7.67. The molecule has 0 aliphatic carbocycles. The molecule has 4 rings (SSSR count). The van der Waals surface area contributed by atoms with Gasteiger partial charge in [0.2, 0.25) is 5.91 Å². The number of amides is 2. The molecule has 31 heavy (non-hydrogen) atoms. The first-order chi connectivity index (χ1) is 15.1. The molecule has 2 saturated heterocycles. The minimum atomic E-state index is 0.0762. The molecule has 0 atom stereocenters. The number of benzene rings is 1. The highest BCUT2D eigenvalue weighted by Gasteiger charge is 2.30. The molecule has 2 fully saturated rings. The molecule has 0 unspecified atom stereocenters. The fourth-order valence-corrected chi connectivity index (χ4v) is 5.90. The summed E-state index contributed by atoms with van der Waals surface area (Å²) in [6, 6.07) is 7.89. The van der Waals surface area contributed by atoms with Crippen LogP contribution >= 0.6 is 23.1 Å². The van der Waals surface area contributed by atoms with E-state index in [2.05, 4.69) is 15.3 Å². The molecule has 166 valence electrons. The summed E-state index contributed by atoms with van der Waals surface area (Å²) >= 11 is 3.41. The number of likely N-dealkylation sites (tertiary alicyclic amines) is 2. The van der Waals surface area contributed by atoms with Crippen molar-refractivity contribution in [1.29, 1.82) is 0 Å². The Balaban J connectivity index is 1.26. The van der Waals surface area contributed by atoms with Gasteiger partial charge in [-0.2, -0.15) is 0 Å². The standard InChI is InChI=1S/C24H31N3O2S2/c1-18-25-21(16-30-18)17-31-22-8-6-19(7-9-22)23(28)27-14-10-20(11-15-27)24(29)26-12-4-2-3-5-13-26/h6-9,16,20H,2-5,10-15,17H2,1H3. The number of aryl methyl sites for hydroxylation is 1. The Morgan fingerprint density at radius 2 is 1.68 bits per heavy atom. The van der Waals surface area contributed by atoms with Crippen LogP contribution < -0.4 is 0 Å². The fourth-order valence-electron chi connectivity index (χ4n) is 4.39. The number of thioether (sulfide) groups is 1. The summed E-state index contributed by atoms with van der Waals surface area (Å²) in [7, 11) is 0. The van der Waals surface area contributed by atoms with Crippen molar-refractivity contribution in [2.45, 2.75) is 56.1 Å². The Hall–Kier alpha value is -1.86. The molecular weight excluding hydrogens is 426 g/mol. The van der Waals surface area contributed by atoms with E-state index >= 15 is 0 Å². The Morgan fingerprint density at radius 3 is 2.29 bits per heavy atom.